The van der Waals surface area contributed by atoms with Crippen LogP contribution in [0, 0.1) is 11.6 Å². The molecular formula is C30H30F2N2O4. The number of rotatable bonds is 8. The summed E-state index contributed by atoms with van der Waals surface area (Å²) in [6, 6.07) is 23.7. The summed E-state index contributed by atoms with van der Waals surface area (Å²) in [5.41, 5.74) is 3.30. The molecule has 1 heterocycles. The van der Waals surface area contributed by atoms with Gasteiger partial charge in [0.05, 0.1) is 31.6 Å². The van der Waals surface area contributed by atoms with Crippen molar-refractivity contribution in [3.63, 3.8) is 0 Å². The van der Waals surface area contributed by atoms with E-state index >= 15 is 0 Å². The number of hydrogen-bond donors (Lipinski definition) is 2. The van der Waals surface area contributed by atoms with Gasteiger partial charge in [0.25, 0.3) is 0 Å². The van der Waals surface area contributed by atoms with Crippen LogP contribution in [0.4, 0.5) is 8.78 Å². The zero-order valence-corrected chi connectivity index (χ0v) is 20.8. The lowest BCUT2D eigenvalue weighted by atomic mass is 9.96. The summed E-state index contributed by atoms with van der Waals surface area (Å²) in [5, 5.41) is 17.2. The Kier molecular flexibility index (Phi) is 10.9. The fourth-order valence-electron chi connectivity index (χ4n) is 4.27. The molecule has 0 unspecified atom stereocenters. The Hall–Kier alpha value is -4.14. The molecule has 1 saturated heterocycles. The third kappa shape index (κ3) is 9.38. The third-order valence-corrected chi connectivity index (χ3v) is 6.12. The van der Waals surface area contributed by atoms with Crippen LogP contribution in [0.25, 0.3) is 6.08 Å². The first kappa shape index (κ1) is 28.4. The highest BCUT2D eigenvalue weighted by Gasteiger charge is 2.28. The molecule has 0 bridgehead atoms. The molecule has 2 N–H and O–H groups in total. The average molecular weight is 521 g/mol. The van der Waals surface area contributed by atoms with E-state index < -0.39 is 11.9 Å². The van der Waals surface area contributed by atoms with E-state index in [4.69, 9.17) is 5.11 Å². The van der Waals surface area contributed by atoms with Crippen molar-refractivity contribution >= 4 is 18.0 Å². The monoisotopic (exact) mass is 520 g/mol. The van der Waals surface area contributed by atoms with E-state index in [-0.39, 0.29) is 17.7 Å². The van der Waals surface area contributed by atoms with Crippen LogP contribution in [0.2, 0.25) is 0 Å². The lowest BCUT2D eigenvalue weighted by Crippen LogP contribution is -3.14. The van der Waals surface area contributed by atoms with Crippen LogP contribution in [0.1, 0.15) is 22.7 Å². The molecule has 6 nitrogen and oxygen atoms in total. The molecule has 8 heteroatoms. The van der Waals surface area contributed by atoms with Crippen LogP contribution in [-0.4, -0.2) is 54.7 Å². The van der Waals surface area contributed by atoms with E-state index in [1.807, 2.05) is 30.3 Å². The quantitative estimate of drug-likeness (QED) is 0.446. The van der Waals surface area contributed by atoms with E-state index in [1.165, 1.54) is 29.8 Å². The van der Waals surface area contributed by atoms with Crippen molar-refractivity contribution in [2.45, 2.75) is 6.04 Å². The van der Waals surface area contributed by atoms with Crippen LogP contribution in [0.3, 0.4) is 0 Å². The van der Waals surface area contributed by atoms with Crippen LogP contribution < -0.4 is 10.0 Å². The summed E-state index contributed by atoms with van der Waals surface area (Å²) in [6.45, 7) is 4.96. The number of carboxylic acids is 2. The second-order valence-corrected chi connectivity index (χ2v) is 8.80. The van der Waals surface area contributed by atoms with Gasteiger partial charge in [-0.05, 0) is 53.1 Å². The molecule has 1 aliphatic rings. The van der Waals surface area contributed by atoms with Gasteiger partial charge in [-0.3, -0.25) is 4.90 Å². The smallest absolute Gasteiger partial charge is 0.328 e. The number of hydrogen-bond acceptors (Lipinski definition) is 4. The normalized spacial score (nSPS) is 14.5. The Morgan fingerprint density at radius 3 is 1.84 bits per heavy atom. The van der Waals surface area contributed by atoms with Gasteiger partial charge < -0.3 is 19.9 Å². The molecule has 1 fully saturated rings. The second kappa shape index (κ2) is 14.6. The molecule has 0 atom stereocenters. The molecule has 38 heavy (non-hydrogen) atoms. The van der Waals surface area contributed by atoms with Gasteiger partial charge in [0.15, 0.2) is 0 Å². The summed E-state index contributed by atoms with van der Waals surface area (Å²) >= 11 is 0. The number of quaternary nitrogens is 1. The van der Waals surface area contributed by atoms with E-state index in [0.29, 0.717) is 12.2 Å². The van der Waals surface area contributed by atoms with Crippen molar-refractivity contribution in [2.75, 3.05) is 32.7 Å². The van der Waals surface area contributed by atoms with Gasteiger partial charge in [0.1, 0.15) is 11.6 Å². The van der Waals surface area contributed by atoms with Gasteiger partial charge >= 0.3 is 5.97 Å². The van der Waals surface area contributed by atoms with Crippen molar-refractivity contribution in [3.05, 3.63) is 125 Å². The largest absolute Gasteiger partial charge is 0.545 e. The summed E-state index contributed by atoms with van der Waals surface area (Å²) < 4.78 is 26.9. The minimum Gasteiger partial charge on any atom is -0.545 e. The molecule has 0 spiro atoms. The predicted molar refractivity (Wildman–Crippen MR) is 139 cm³/mol. The molecule has 198 valence electrons. The first-order valence-electron chi connectivity index (χ1n) is 12.2. The highest BCUT2D eigenvalue weighted by Crippen LogP contribution is 2.29. The minimum absolute atomic E-state index is 0.00705. The molecule has 0 aliphatic carbocycles. The van der Waals surface area contributed by atoms with Gasteiger partial charge in [-0.2, -0.15) is 0 Å². The topological polar surface area (TPSA) is 85.1 Å². The summed E-state index contributed by atoms with van der Waals surface area (Å²) in [4.78, 5) is 22.9. The highest BCUT2D eigenvalue weighted by molar-refractivity contribution is 5.88. The maximum Gasteiger partial charge on any atom is 0.328 e. The zero-order chi connectivity index (χ0) is 27.3. The summed E-state index contributed by atoms with van der Waals surface area (Å²) in [6.07, 6.45) is 5.37. The number of carboxylic acid groups (broad SMARTS) is 2. The van der Waals surface area contributed by atoms with Crippen molar-refractivity contribution in [2.24, 2.45) is 0 Å². The lowest BCUT2D eigenvalue weighted by Gasteiger charge is -2.37. The molecule has 0 aromatic heterocycles. The van der Waals surface area contributed by atoms with E-state index in [9.17, 15) is 23.5 Å². The maximum absolute atomic E-state index is 13.5. The van der Waals surface area contributed by atoms with E-state index in [0.717, 1.165) is 43.9 Å². The Labute approximate surface area is 220 Å². The fourth-order valence-corrected chi connectivity index (χ4v) is 4.27. The molecule has 0 saturated carbocycles. The Morgan fingerprint density at radius 2 is 1.39 bits per heavy atom. The van der Waals surface area contributed by atoms with E-state index in [2.05, 4.69) is 41.3 Å². The van der Waals surface area contributed by atoms with Crippen LogP contribution in [0.15, 0.2) is 97.1 Å². The van der Waals surface area contributed by atoms with E-state index in [1.54, 1.807) is 4.90 Å². The molecule has 4 rings (SSSR count). The molecular weight excluding hydrogens is 490 g/mol. The number of halogens is 2. The number of aliphatic carboxylic acids is 2. The maximum atomic E-state index is 13.5. The molecule has 3 aromatic carbocycles. The lowest BCUT2D eigenvalue weighted by molar-refractivity contribution is -0.898. The standard InChI is InChI=1S/C26H26F2N2.C4H4O4/c27-24-12-8-22(9-13-24)26(23-10-14-25(28)15-11-23)30-19-17-29(18-20-30)16-4-7-21-5-2-1-3-6-21;5-3(6)1-2-4(7)8/h1-15,26H,16-20H2;1-2H,(H,5,6)(H,7,8)/b7-4+;2-1-. The first-order chi connectivity index (χ1) is 18.3. The Balaban J connectivity index is 0.000000436. The van der Waals surface area contributed by atoms with Gasteiger partial charge in [-0.25, -0.2) is 13.6 Å². The number of carbonyl (C=O) groups excluding carboxylic acids is 1. The molecule has 0 radical (unpaired) electrons. The summed E-state index contributed by atoms with van der Waals surface area (Å²) in [5.74, 6) is -3.28. The van der Waals surface area contributed by atoms with Crippen LogP contribution in [0.5, 0.6) is 0 Å². The Bertz CT molecular complexity index is 1160. The van der Waals surface area contributed by atoms with Gasteiger partial charge in [0, 0.05) is 19.2 Å². The number of benzene rings is 3. The first-order valence-corrected chi connectivity index (χ1v) is 12.2. The van der Waals surface area contributed by atoms with Gasteiger partial charge in [-0.15, -0.1) is 0 Å². The number of piperazine rings is 1. The second-order valence-electron chi connectivity index (χ2n) is 8.80. The highest BCUT2D eigenvalue weighted by atomic mass is 19.1. The number of nitrogens with zero attached hydrogens (tertiary/aromatic N) is 1. The van der Waals surface area contributed by atoms with Crippen LogP contribution >= 0.6 is 0 Å². The predicted octanol–water partition coefficient (Wildman–Crippen LogP) is 2.35. The number of nitrogens with one attached hydrogen (secondary N) is 1. The van der Waals surface area contributed by atoms with Crippen molar-refractivity contribution in [3.8, 4) is 0 Å². The summed E-state index contributed by atoms with van der Waals surface area (Å²) in [7, 11) is 0. The minimum atomic E-state index is -1.51. The fraction of sp³-hybridized carbons (Fsp3) is 0.200. The molecule has 0 amide bonds. The van der Waals surface area contributed by atoms with Crippen molar-refractivity contribution in [1.29, 1.82) is 0 Å². The van der Waals surface area contributed by atoms with Gasteiger partial charge in [0.2, 0.25) is 0 Å². The number of carbonyl (C=O) groups is 2. The van der Waals surface area contributed by atoms with Crippen molar-refractivity contribution in [1.82, 2.24) is 4.90 Å². The SMILES string of the molecule is Fc1ccc(C(c2ccc(F)cc2)N2CC[NH+](C/C=C/c3ccccc3)CC2)cc1.O=C([O-])/C=C\C(=O)O. The van der Waals surface area contributed by atoms with Gasteiger partial charge in [-0.1, -0.05) is 60.7 Å². The molecule has 3 aromatic rings. The Morgan fingerprint density at radius 1 is 0.868 bits per heavy atom. The average Bonchev–Trinajstić information content (AvgIpc) is 2.92. The van der Waals surface area contributed by atoms with Crippen LogP contribution in [-0.2, 0) is 9.59 Å². The zero-order valence-electron chi connectivity index (χ0n) is 20.8. The third-order valence-electron chi connectivity index (χ3n) is 6.12. The van der Waals surface area contributed by atoms with Crippen molar-refractivity contribution < 1.29 is 33.5 Å². The molecule has 1 aliphatic heterocycles.